The largest absolute Gasteiger partial charge is 0.310 e. The maximum atomic E-state index is 13.3. The van der Waals surface area contributed by atoms with E-state index in [9.17, 15) is 4.39 Å². The summed E-state index contributed by atoms with van der Waals surface area (Å²) in [5.41, 5.74) is 1.94. The summed E-state index contributed by atoms with van der Waals surface area (Å²) >= 11 is 1.70. The normalized spacial score (nSPS) is 12.6. The number of hydrogen-bond donors (Lipinski definition) is 1. The quantitative estimate of drug-likeness (QED) is 0.913. The lowest BCUT2D eigenvalue weighted by Crippen LogP contribution is -2.23. The van der Waals surface area contributed by atoms with Gasteiger partial charge in [0.05, 0.1) is 16.9 Å². The summed E-state index contributed by atoms with van der Waals surface area (Å²) in [5.74, 6) is -0.299. The zero-order chi connectivity index (χ0) is 13.8. The van der Waals surface area contributed by atoms with Crippen molar-refractivity contribution in [3.63, 3.8) is 0 Å². The molecule has 5 heteroatoms. The standard InChI is InChI=1S/C14H18FN3S/c1-4-17-13(11-5-12(15)8-16-7-11)6-14-18-9(2)10(3)19-14/h5,7-8,13,17H,4,6H2,1-3H3. The lowest BCUT2D eigenvalue weighted by atomic mass is 10.1. The minimum absolute atomic E-state index is 0.0538. The third-order valence-corrected chi connectivity index (χ3v) is 4.13. The van der Waals surface area contributed by atoms with Crippen molar-refractivity contribution < 1.29 is 4.39 Å². The van der Waals surface area contributed by atoms with E-state index in [1.807, 2.05) is 13.8 Å². The summed E-state index contributed by atoms with van der Waals surface area (Å²) in [5, 5.41) is 4.44. The van der Waals surface area contributed by atoms with Gasteiger partial charge in [-0.25, -0.2) is 9.37 Å². The Balaban J connectivity index is 2.20. The molecule has 2 aromatic heterocycles. The predicted molar refractivity (Wildman–Crippen MR) is 75.9 cm³/mol. The van der Waals surface area contributed by atoms with Crippen molar-refractivity contribution >= 4 is 11.3 Å². The number of nitrogens with one attached hydrogen (secondary N) is 1. The van der Waals surface area contributed by atoms with E-state index in [4.69, 9.17) is 0 Å². The van der Waals surface area contributed by atoms with Crippen LogP contribution in [0.2, 0.25) is 0 Å². The number of likely N-dealkylation sites (N-methyl/N-ethyl adjacent to an activating group) is 1. The SMILES string of the molecule is CCNC(Cc1nc(C)c(C)s1)c1cncc(F)c1. The first-order valence-corrected chi connectivity index (χ1v) is 7.18. The van der Waals surface area contributed by atoms with Crippen LogP contribution in [0.5, 0.6) is 0 Å². The maximum absolute atomic E-state index is 13.3. The Kier molecular flexibility index (Phi) is 4.61. The molecule has 3 nitrogen and oxygen atoms in total. The Morgan fingerprint density at radius 2 is 2.16 bits per heavy atom. The van der Waals surface area contributed by atoms with Crippen molar-refractivity contribution in [1.82, 2.24) is 15.3 Å². The highest BCUT2D eigenvalue weighted by Crippen LogP contribution is 2.23. The highest BCUT2D eigenvalue weighted by Gasteiger charge is 2.15. The second kappa shape index (κ2) is 6.21. The molecule has 0 saturated heterocycles. The van der Waals surface area contributed by atoms with Gasteiger partial charge in [0.1, 0.15) is 5.82 Å². The number of aromatic nitrogens is 2. The highest BCUT2D eigenvalue weighted by atomic mass is 32.1. The van der Waals surface area contributed by atoms with Gasteiger partial charge in [0.2, 0.25) is 0 Å². The number of halogens is 1. The van der Waals surface area contributed by atoms with Gasteiger partial charge in [-0.2, -0.15) is 0 Å². The fraction of sp³-hybridized carbons (Fsp3) is 0.429. The van der Waals surface area contributed by atoms with Crippen LogP contribution in [0.15, 0.2) is 18.5 Å². The molecule has 0 fully saturated rings. The molecule has 0 amide bonds. The molecule has 1 atom stereocenters. The summed E-state index contributed by atoms with van der Waals surface area (Å²) in [6.07, 6.45) is 3.70. The maximum Gasteiger partial charge on any atom is 0.141 e. The van der Waals surface area contributed by atoms with E-state index in [2.05, 4.69) is 22.2 Å². The topological polar surface area (TPSA) is 37.8 Å². The molecule has 0 bridgehead atoms. The lowest BCUT2D eigenvalue weighted by Gasteiger charge is -2.16. The van der Waals surface area contributed by atoms with Crippen LogP contribution in [-0.2, 0) is 6.42 Å². The summed E-state index contributed by atoms with van der Waals surface area (Å²) in [4.78, 5) is 9.70. The molecule has 0 aromatic carbocycles. The van der Waals surface area contributed by atoms with Crippen LogP contribution in [0.1, 0.15) is 34.1 Å². The summed E-state index contributed by atoms with van der Waals surface area (Å²) in [6.45, 7) is 6.95. The molecule has 0 radical (unpaired) electrons. The van der Waals surface area contributed by atoms with E-state index in [0.717, 1.165) is 29.2 Å². The average molecular weight is 279 g/mol. The van der Waals surface area contributed by atoms with Gasteiger partial charge in [0.25, 0.3) is 0 Å². The van der Waals surface area contributed by atoms with Gasteiger partial charge in [-0.1, -0.05) is 6.92 Å². The predicted octanol–water partition coefficient (Wildman–Crippen LogP) is 3.19. The Morgan fingerprint density at radius 3 is 2.74 bits per heavy atom. The van der Waals surface area contributed by atoms with Gasteiger partial charge >= 0.3 is 0 Å². The van der Waals surface area contributed by atoms with Crippen LogP contribution >= 0.6 is 11.3 Å². The summed E-state index contributed by atoms with van der Waals surface area (Å²) in [7, 11) is 0. The number of aryl methyl sites for hydroxylation is 2. The number of rotatable bonds is 5. The van der Waals surface area contributed by atoms with Crippen molar-refractivity contribution in [2.45, 2.75) is 33.2 Å². The molecule has 2 heterocycles. The van der Waals surface area contributed by atoms with Crippen molar-refractivity contribution in [2.75, 3.05) is 6.54 Å². The fourth-order valence-electron chi connectivity index (χ4n) is 1.97. The second-order valence-corrected chi connectivity index (χ2v) is 5.79. The van der Waals surface area contributed by atoms with Crippen molar-refractivity contribution in [1.29, 1.82) is 0 Å². The smallest absolute Gasteiger partial charge is 0.141 e. The molecule has 0 aliphatic carbocycles. The number of pyridine rings is 1. The van der Waals surface area contributed by atoms with Gasteiger partial charge in [0.15, 0.2) is 0 Å². The van der Waals surface area contributed by atoms with E-state index in [1.165, 1.54) is 17.1 Å². The fourth-order valence-corrected chi connectivity index (χ4v) is 2.95. The van der Waals surface area contributed by atoms with E-state index in [0.29, 0.717) is 0 Å². The molecule has 0 spiro atoms. The summed E-state index contributed by atoms with van der Waals surface area (Å²) in [6, 6.07) is 1.59. The Bertz CT molecular complexity index is 534. The molecule has 2 aromatic rings. The molecular formula is C14H18FN3S. The van der Waals surface area contributed by atoms with E-state index >= 15 is 0 Å². The van der Waals surface area contributed by atoms with Gasteiger partial charge in [-0.3, -0.25) is 4.98 Å². The van der Waals surface area contributed by atoms with E-state index < -0.39 is 0 Å². The van der Waals surface area contributed by atoms with Gasteiger partial charge in [-0.05, 0) is 32.0 Å². The molecule has 1 N–H and O–H groups in total. The number of thiazole rings is 1. The molecule has 2 rings (SSSR count). The van der Waals surface area contributed by atoms with Gasteiger partial charge in [-0.15, -0.1) is 11.3 Å². The Morgan fingerprint density at radius 1 is 1.37 bits per heavy atom. The minimum atomic E-state index is -0.299. The van der Waals surface area contributed by atoms with Crippen molar-refractivity contribution in [3.05, 3.63) is 45.4 Å². The molecule has 0 aliphatic heterocycles. The Hall–Kier alpha value is -1.33. The first-order chi connectivity index (χ1) is 9.10. The minimum Gasteiger partial charge on any atom is -0.310 e. The first-order valence-electron chi connectivity index (χ1n) is 6.37. The zero-order valence-electron chi connectivity index (χ0n) is 11.4. The second-order valence-electron chi connectivity index (χ2n) is 4.50. The summed E-state index contributed by atoms with van der Waals surface area (Å²) < 4.78 is 13.3. The van der Waals surface area contributed by atoms with E-state index in [1.54, 1.807) is 17.5 Å². The molecule has 0 aliphatic rings. The van der Waals surface area contributed by atoms with Crippen molar-refractivity contribution in [2.24, 2.45) is 0 Å². The molecule has 102 valence electrons. The third kappa shape index (κ3) is 3.58. The number of nitrogens with zero attached hydrogens (tertiary/aromatic N) is 2. The van der Waals surface area contributed by atoms with Crippen LogP contribution in [0.3, 0.4) is 0 Å². The average Bonchev–Trinajstić information content (AvgIpc) is 2.68. The van der Waals surface area contributed by atoms with Crippen LogP contribution in [0.4, 0.5) is 4.39 Å². The monoisotopic (exact) mass is 279 g/mol. The first kappa shape index (κ1) is 14.1. The van der Waals surface area contributed by atoms with E-state index in [-0.39, 0.29) is 11.9 Å². The third-order valence-electron chi connectivity index (χ3n) is 3.03. The van der Waals surface area contributed by atoms with Crippen LogP contribution in [-0.4, -0.2) is 16.5 Å². The van der Waals surface area contributed by atoms with Crippen LogP contribution < -0.4 is 5.32 Å². The zero-order valence-corrected chi connectivity index (χ0v) is 12.2. The van der Waals surface area contributed by atoms with Crippen LogP contribution in [0.25, 0.3) is 0 Å². The number of hydrogen-bond acceptors (Lipinski definition) is 4. The van der Waals surface area contributed by atoms with Crippen LogP contribution in [0, 0.1) is 19.7 Å². The molecule has 0 saturated carbocycles. The lowest BCUT2D eigenvalue weighted by molar-refractivity contribution is 0.538. The molecule has 1 unspecified atom stereocenters. The van der Waals surface area contributed by atoms with Crippen molar-refractivity contribution in [3.8, 4) is 0 Å². The molecule has 19 heavy (non-hydrogen) atoms. The Labute approximate surface area is 116 Å². The molecular weight excluding hydrogens is 261 g/mol. The van der Waals surface area contributed by atoms with Gasteiger partial charge in [0, 0.05) is 23.5 Å². The van der Waals surface area contributed by atoms with Gasteiger partial charge < -0.3 is 5.32 Å². The highest BCUT2D eigenvalue weighted by molar-refractivity contribution is 7.11.